The number of hydrogen-bond acceptors (Lipinski definition) is 6. The van der Waals surface area contributed by atoms with Gasteiger partial charge in [0.2, 0.25) is 0 Å². The second kappa shape index (κ2) is 6.68. The number of aromatic nitrogens is 3. The van der Waals surface area contributed by atoms with Gasteiger partial charge in [0, 0.05) is 36.4 Å². The molecule has 0 spiro atoms. The van der Waals surface area contributed by atoms with Crippen molar-refractivity contribution in [2.45, 2.75) is 6.54 Å². The van der Waals surface area contributed by atoms with E-state index in [0.717, 1.165) is 23.4 Å². The fourth-order valence-corrected chi connectivity index (χ4v) is 2.92. The van der Waals surface area contributed by atoms with Crippen LogP contribution in [0, 0.1) is 0 Å². The van der Waals surface area contributed by atoms with E-state index in [1.807, 2.05) is 36.5 Å². The Bertz CT molecular complexity index is 966. The summed E-state index contributed by atoms with van der Waals surface area (Å²) in [5.41, 5.74) is 10.1. The van der Waals surface area contributed by atoms with Gasteiger partial charge in [-0.05, 0) is 23.3 Å². The van der Waals surface area contributed by atoms with Crippen LogP contribution in [0.4, 0.5) is 17.5 Å². The zero-order valence-electron chi connectivity index (χ0n) is 14.1. The molecule has 1 aliphatic heterocycles. The number of pyridine rings is 1. The Morgan fingerprint density at radius 3 is 2.73 bits per heavy atom. The molecule has 0 bridgehead atoms. The Balaban J connectivity index is 1.61. The van der Waals surface area contributed by atoms with Gasteiger partial charge in [-0.1, -0.05) is 36.9 Å². The van der Waals surface area contributed by atoms with Gasteiger partial charge in [0.1, 0.15) is 17.5 Å². The van der Waals surface area contributed by atoms with Gasteiger partial charge in [0.25, 0.3) is 0 Å². The normalized spacial score (nSPS) is 12.8. The molecule has 0 aliphatic carbocycles. The summed E-state index contributed by atoms with van der Waals surface area (Å²) in [7, 11) is 0. The molecule has 26 heavy (non-hydrogen) atoms. The highest BCUT2D eigenvalue weighted by Crippen LogP contribution is 2.34. The second-order valence-corrected chi connectivity index (χ2v) is 5.95. The fourth-order valence-electron chi connectivity index (χ4n) is 2.92. The first-order chi connectivity index (χ1) is 12.7. The lowest BCUT2D eigenvalue weighted by Gasteiger charge is -2.28. The number of anilines is 3. The topological polar surface area (TPSA) is 80.0 Å². The van der Waals surface area contributed by atoms with Gasteiger partial charge in [-0.2, -0.15) is 0 Å². The van der Waals surface area contributed by atoms with E-state index in [1.165, 1.54) is 5.56 Å². The minimum Gasteiger partial charge on any atom is -0.383 e. The first-order valence-corrected chi connectivity index (χ1v) is 8.22. The van der Waals surface area contributed by atoms with Crippen LogP contribution >= 0.6 is 0 Å². The second-order valence-electron chi connectivity index (χ2n) is 5.95. The number of nitrogens with zero attached hydrogens (tertiary/aromatic N) is 4. The molecular weight excluding hydrogens is 324 g/mol. The van der Waals surface area contributed by atoms with Gasteiger partial charge in [-0.25, -0.2) is 9.97 Å². The summed E-state index contributed by atoms with van der Waals surface area (Å²) in [5.74, 6) is 1.67. The van der Waals surface area contributed by atoms with Crippen LogP contribution in [0.3, 0.4) is 0 Å². The number of nitrogen functional groups attached to an aromatic ring is 1. The average molecular weight is 342 g/mol. The maximum absolute atomic E-state index is 6.23. The van der Waals surface area contributed by atoms with Crippen molar-refractivity contribution in [3.63, 3.8) is 0 Å². The van der Waals surface area contributed by atoms with Gasteiger partial charge in [-0.15, -0.1) is 0 Å². The highest BCUT2D eigenvalue weighted by atomic mass is 15.1. The Morgan fingerprint density at radius 2 is 1.96 bits per heavy atom. The van der Waals surface area contributed by atoms with E-state index in [0.29, 0.717) is 17.5 Å². The summed E-state index contributed by atoms with van der Waals surface area (Å²) in [5, 5.41) is 3.12. The first kappa shape index (κ1) is 15.8. The van der Waals surface area contributed by atoms with E-state index >= 15 is 0 Å². The molecule has 0 radical (unpaired) electrons. The van der Waals surface area contributed by atoms with Gasteiger partial charge in [0.05, 0.1) is 6.20 Å². The molecule has 1 aromatic carbocycles. The largest absolute Gasteiger partial charge is 0.383 e. The van der Waals surface area contributed by atoms with E-state index in [9.17, 15) is 0 Å². The quantitative estimate of drug-likeness (QED) is 0.753. The van der Waals surface area contributed by atoms with Crippen molar-refractivity contribution in [3.8, 4) is 0 Å². The maximum Gasteiger partial charge on any atom is 0.150 e. The minimum atomic E-state index is 0.432. The van der Waals surface area contributed by atoms with Crippen molar-refractivity contribution in [2.24, 2.45) is 0 Å². The predicted octanol–water partition coefficient (Wildman–Crippen LogP) is 3.65. The number of hydrogen-bond donors (Lipinski definition) is 2. The van der Waals surface area contributed by atoms with E-state index in [1.54, 1.807) is 18.6 Å². The smallest absolute Gasteiger partial charge is 0.150 e. The lowest BCUT2D eigenvalue weighted by molar-refractivity contribution is 0.527. The van der Waals surface area contributed by atoms with Gasteiger partial charge in [-0.3, -0.25) is 4.98 Å². The molecule has 0 saturated heterocycles. The third kappa shape index (κ3) is 3.12. The maximum atomic E-state index is 6.23. The Morgan fingerprint density at radius 1 is 1.12 bits per heavy atom. The van der Waals surface area contributed by atoms with Crippen molar-refractivity contribution in [2.75, 3.05) is 11.1 Å². The highest BCUT2D eigenvalue weighted by Gasteiger charge is 2.20. The van der Waals surface area contributed by atoms with Crippen LogP contribution in [0.25, 0.3) is 11.8 Å². The monoisotopic (exact) mass is 342 g/mol. The first-order valence-electron chi connectivity index (χ1n) is 8.22. The van der Waals surface area contributed by atoms with Crippen molar-refractivity contribution < 1.29 is 0 Å². The number of fused-ring (bicyclic) bond motifs is 1. The molecule has 3 aromatic rings. The molecule has 6 nitrogen and oxygen atoms in total. The number of nitrogens with two attached hydrogens (primary N) is 1. The lowest BCUT2D eigenvalue weighted by atomic mass is 10.0. The molecular formula is C20H18N6. The average Bonchev–Trinajstić information content (AvgIpc) is 2.65. The summed E-state index contributed by atoms with van der Waals surface area (Å²) in [4.78, 5) is 14.8. The zero-order valence-corrected chi connectivity index (χ0v) is 14.1. The van der Waals surface area contributed by atoms with Crippen LogP contribution in [0.2, 0.25) is 0 Å². The molecule has 0 atom stereocenters. The summed E-state index contributed by atoms with van der Waals surface area (Å²) >= 11 is 0. The van der Waals surface area contributed by atoms with Gasteiger partial charge < -0.3 is 16.0 Å². The molecule has 0 unspecified atom stereocenters. The predicted molar refractivity (Wildman–Crippen MR) is 104 cm³/mol. The van der Waals surface area contributed by atoms with Crippen LogP contribution in [0.1, 0.15) is 16.7 Å². The Hall–Kier alpha value is -3.67. The molecule has 6 heteroatoms. The molecule has 128 valence electrons. The van der Waals surface area contributed by atoms with Crippen molar-refractivity contribution in [3.05, 3.63) is 84.5 Å². The molecule has 1 aliphatic rings. The van der Waals surface area contributed by atoms with Crippen molar-refractivity contribution >= 4 is 29.2 Å². The van der Waals surface area contributed by atoms with Crippen LogP contribution < -0.4 is 11.1 Å². The molecule has 0 saturated carbocycles. The van der Waals surface area contributed by atoms with Gasteiger partial charge in [0.15, 0.2) is 0 Å². The fraction of sp³-hybridized carbons (Fsp3) is 0.0500. The summed E-state index contributed by atoms with van der Waals surface area (Å²) < 4.78 is 0. The molecule has 2 aromatic heterocycles. The lowest BCUT2D eigenvalue weighted by Crippen LogP contribution is -2.19. The standard InChI is InChI=1S/C20H18N6/c1-14-19-16(7-10-26(14)13-15-5-3-2-4-6-15)11-17(25-20(19)21)24-18-12-22-8-9-23-18/h2-12H,1,13H2,(H3,21,23,24,25). The van der Waals surface area contributed by atoms with E-state index < -0.39 is 0 Å². The van der Waals surface area contributed by atoms with Crippen LogP contribution in [0.5, 0.6) is 0 Å². The molecule has 0 amide bonds. The molecule has 3 heterocycles. The van der Waals surface area contributed by atoms with Gasteiger partial charge >= 0.3 is 0 Å². The zero-order chi connectivity index (χ0) is 17.9. The van der Waals surface area contributed by atoms with Crippen LogP contribution in [-0.4, -0.2) is 19.9 Å². The van der Waals surface area contributed by atoms with Crippen molar-refractivity contribution in [1.29, 1.82) is 0 Å². The summed E-state index contributed by atoms with van der Waals surface area (Å²) in [6.45, 7) is 4.95. The van der Waals surface area contributed by atoms with Crippen molar-refractivity contribution in [1.82, 2.24) is 19.9 Å². The van der Waals surface area contributed by atoms with E-state index in [-0.39, 0.29) is 0 Å². The van der Waals surface area contributed by atoms with E-state index in [4.69, 9.17) is 5.73 Å². The third-order valence-electron chi connectivity index (χ3n) is 4.16. The van der Waals surface area contributed by atoms with Crippen LogP contribution in [0.15, 0.2) is 67.8 Å². The molecule has 0 fully saturated rings. The summed E-state index contributed by atoms with van der Waals surface area (Å²) in [6, 6.07) is 12.2. The molecule has 4 rings (SSSR count). The Kier molecular flexibility index (Phi) is 4.07. The third-order valence-corrected chi connectivity index (χ3v) is 4.16. The molecule has 3 N–H and O–H groups in total. The number of nitrogens with one attached hydrogen (secondary N) is 1. The Labute approximate surface area is 151 Å². The minimum absolute atomic E-state index is 0.432. The van der Waals surface area contributed by atoms with Crippen LogP contribution in [-0.2, 0) is 6.54 Å². The SMILES string of the molecule is C=C1c2c(cc(Nc3cnccn3)nc2N)C=CN1Cc1ccccc1. The number of benzene rings is 1. The van der Waals surface area contributed by atoms with E-state index in [2.05, 4.69) is 43.9 Å². The highest BCUT2D eigenvalue weighted by molar-refractivity contribution is 5.84. The number of rotatable bonds is 4. The summed E-state index contributed by atoms with van der Waals surface area (Å²) in [6.07, 6.45) is 8.91.